The van der Waals surface area contributed by atoms with E-state index in [-0.39, 0.29) is 10.9 Å². The van der Waals surface area contributed by atoms with Gasteiger partial charge in [-0.3, -0.25) is 4.21 Å². The molecule has 1 saturated carbocycles. The van der Waals surface area contributed by atoms with Gasteiger partial charge >= 0.3 is 0 Å². The second-order valence-electron chi connectivity index (χ2n) is 5.78. The van der Waals surface area contributed by atoms with E-state index in [2.05, 4.69) is 0 Å². The highest BCUT2D eigenvalue weighted by Gasteiger charge is 2.44. The minimum Gasteiger partial charge on any atom is -0.398 e. The third kappa shape index (κ3) is 2.32. The molecule has 0 bridgehead atoms. The largest absolute Gasteiger partial charge is 0.398 e. The van der Waals surface area contributed by atoms with E-state index < -0.39 is 10.8 Å². The van der Waals surface area contributed by atoms with Gasteiger partial charge in [0.05, 0.1) is 27.0 Å². The highest BCUT2D eigenvalue weighted by Crippen LogP contribution is 2.44. The summed E-state index contributed by atoms with van der Waals surface area (Å²) in [5, 5.41) is 0.193. The zero-order valence-electron chi connectivity index (χ0n) is 11.4. The predicted octanol–water partition coefficient (Wildman–Crippen LogP) is 2.79. The molecule has 1 aromatic rings. The standard InChI is InChI=1S/C15H21NO2S/c1-11-4-2-5-13(14(11)16)19(17)12-6-9-18-15(10-12)7-3-8-15/h2,4-5,12H,3,6-10,16H2,1H3. The summed E-state index contributed by atoms with van der Waals surface area (Å²) in [6, 6.07) is 5.81. The van der Waals surface area contributed by atoms with Crippen molar-refractivity contribution in [1.29, 1.82) is 0 Å². The van der Waals surface area contributed by atoms with Gasteiger partial charge < -0.3 is 10.5 Å². The first kappa shape index (κ1) is 13.1. The summed E-state index contributed by atoms with van der Waals surface area (Å²) in [6.45, 7) is 2.70. The van der Waals surface area contributed by atoms with E-state index in [1.807, 2.05) is 25.1 Å². The van der Waals surface area contributed by atoms with Crippen LogP contribution in [0.4, 0.5) is 5.69 Å². The fourth-order valence-corrected chi connectivity index (χ4v) is 4.81. The molecule has 4 heteroatoms. The average molecular weight is 279 g/mol. The summed E-state index contributed by atoms with van der Waals surface area (Å²) in [5.41, 5.74) is 7.82. The highest BCUT2D eigenvalue weighted by atomic mass is 32.2. The molecule has 19 heavy (non-hydrogen) atoms. The molecule has 2 fully saturated rings. The van der Waals surface area contributed by atoms with Crippen molar-refractivity contribution < 1.29 is 8.95 Å². The molecule has 3 nitrogen and oxygen atoms in total. The van der Waals surface area contributed by atoms with Gasteiger partial charge in [0.1, 0.15) is 0 Å². The van der Waals surface area contributed by atoms with Crippen molar-refractivity contribution in [3.8, 4) is 0 Å². The minimum atomic E-state index is -1.01. The van der Waals surface area contributed by atoms with Crippen molar-refractivity contribution in [2.75, 3.05) is 12.3 Å². The summed E-state index contributed by atoms with van der Waals surface area (Å²) in [7, 11) is -1.01. The van der Waals surface area contributed by atoms with Gasteiger partial charge in [-0.15, -0.1) is 0 Å². The Morgan fingerprint density at radius 1 is 1.42 bits per heavy atom. The molecular formula is C15H21NO2S. The zero-order chi connectivity index (χ0) is 13.5. The lowest BCUT2D eigenvalue weighted by Crippen LogP contribution is -2.48. The van der Waals surface area contributed by atoms with Gasteiger partial charge in [-0.2, -0.15) is 0 Å². The smallest absolute Gasteiger partial charge is 0.0694 e. The van der Waals surface area contributed by atoms with Gasteiger partial charge in [0, 0.05) is 11.9 Å². The monoisotopic (exact) mass is 279 g/mol. The molecule has 1 aliphatic heterocycles. The molecule has 2 unspecified atom stereocenters. The Labute approximate surface area is 117 Å². The molecular weight excluding hydrogens is 258 g/mol. The third-order valence-electron chi connectivity index (χ3n) is 4.52. The van der Waals surface area contributed by atoms with Crippen LogP contribution in [0.1, 0.15) is 37.7 Å². The second-order valence-corrected chi connectivity index (χ2v) is 7.49. The Kier molecular flexibility index (Phi) is 3.39. The second kappa shape index (κ2) is 4.91. The molecule has 1 aromatic carbocycles. The Balaban J connectivity index is 1.81. The first-order chi connectivity index (χ1) is 9.11. The molecule has 0 radical (unpaired) electrons. The highest BCUT2D eigenvalue weighted by molar-refractivity contribution is 7.85. The normalized spacial score (nSPS) is 26.9. The van der Waals surface area contributed by atoms with Gasteiger partial charge in [-0.25, -0.2) is 0 Å². The van der Waals surface area contributed by atoms with E-state index in [0.29, 0.717) is 5.69 Å². The molecule has 1 heterocycles. The maximum atomic E-state index is 12.8. The van der Waals surface area contributed by atoms with Crippen LogP contribution < -0.4 is 5.73 Å². The Hall–Kier alpha value is -0.870. The Morgan fingerprint density at radius 3 is 2.89 bits per heavy atom. The Morgan fingerprint density at radius 2 is 2.21 bits per heavy atom. The van der Waals surface area contributed by atoms with Crippen molar-refractivity contribution in [1.82, 2.24) is 0 Å². The minimum absolute atomic E-state index is 0.0389. The number of rotatable bonds is 2. The SMILES string of the molecule is Cc1cccc(S(=O)C2CCOC3(CCC3)C2)c1N. The van der Waals surface area contributed by atoms with Gasteiger partial charge in [-0.1, -0.05) is 12.1 Å². The maximum Gasteiger partial charge on any atom is 0.0694 e. The predicted molar refractivity (Wildman–Crippen MR) is 77.6 cm³/mol. The van der Waals surface area contributed by atoms with E-state index >= 15 is 0 Å². The molecule has 2 N–H and O–H groups in total. The molecule has 0 aromatic heterocycles. The summed E-state index contributed by atoms with van der Waals surface area (Å²) >= 11 is 0. The van der Waals surface area contributed by atoms with E-state index in [1.165, 1.54) is 6.42 Å². The fourth-order valence-electron chi connectivity index (χ4n) is 3.09. The molecule has 104 valence electrons. The molecule has 0 amide bonds. The van der Waals surface area contributed by atoms with Crippen LogP contribution >= 0.6 is 0 Å². The van der Waals surface area contributed by atoms with E-state index in [1.54, 1.807) is 0 Å². The molecule has 3 rings (SSSR count). The number of para-hydroxylation sites is 1. The van der Waals surface area contributed by atoms with Crippen LogP contribution in [0.25, 0.3) is 0 Å². The Bertz CT molecular complexity index is 511. The van der Waals surface area contributed by atoms with Gasteiger partial charge in [0.15, 0.2) is 0 Å². The van der Waals surface area contributed by atoms with Crippen molar-refractivity contribution in [3.05, 3.63) is 23.8 Å². The molecule has 1 aliphatic carbocycles. The molecule has 2 atom stereocenters. The summed E-state index contributed by atoms with van der Waals surface area (Å²) in [4.78, 5) is 0.807. The van der Waals surface area contributed by atoms with Crippen molar-refractivity contribution in [2.45, 2.75) is 54.8 Å². The van der Waals surface area contributed by atoms with E-state index in [9.17, 15) is 4.21 Å². The quantitative estimate of drug-likeness (QED) is 0.847. The van der Waals surface area contributed by atoms with Crippen LogP contribution in [0, 0.1) is 6.92 Å². The van der Waals surface area contributed by atoms with Crippen LogP contribution in [0.5, 0.6) is 0 Å². The number of hydrogen-bond acceptors (Lipinski definition) is 3. The van der Waals surface area contributed by atoms with Crippen molar-refractivity contribution >= 4 is 16.5 Å². The topological polar surface area (TPSA) is 52.3 Å². The van der Waals surface area contributed by atoms with E-state index in [4.69, 9.17) is 10.5 Å². The van der Waals surface area contributed by atoms with Gasteiger partial charge in [-0.05, 0) is 50.7 Å². The summed E-state index contributed by atoms with van der Waals surface area (Å²) < 4.78 is 18.7. The van der Waals surface area contributed by atoms with Crippen molar-refractivity contribution in [2.24, 2.45) is 0 Å². The van der Waals surface area contributed by atoms with Crippen LogP contribution in [0.2, 0.25) is 0 Å². The van der Waals surface area contributed by atoms with Crippen molar-refractivity contribution in [3.63, 3.8) is 0 Å². The number of ether oxygens (including phenoxy) is 1. The van der Waals surface area contributed by atoms with Gasteiger partial charge in [0.2, 0.25) is 0 Å². The maximum absolute atomic E-state index is 12.8. The van der Waals surface area contributed by atoms with Crippen LogP contribution in [-0.2, 0) is 15.5 Å². The molecule has 2 aliphatic rings. The lowest BCUT2D eigenvalue weighted by Gasteiger charge is -2.46. The molecule has 1 spiro atoms. The number of aryl methyl sites for hydroxylation is 1. The number of hydrogen-bond donors (Lipinski definition) is 1. The fraction of sp³-hybridized carbons (Fsp3) is 0.600. The number of anilines is 1. The third-order valence-corrected chi connectivity index (χ3v) is 6.31. The van der Waals surface area contributed by atoms with Crippen LogP contribution in [0.3, 0.4) is 0 Å². The van der Waals surface area contributed by atoms with Crippen LogP contribution in [-0.4, -0.2) is 21.7 Å². The van der Waals surface area contributed by atoms with Crippen LogP contribution in [0.15, 0.2) is 23.1 Å². The zero-order valence-corrected chi connectivity index (χ0v) is 12.2. The van der Waals surface area contributed by atoms with E-state index in [0.717, 1.165) is 42.7 Å². The van der Waals surface area contributed by atoms with Gasteiger partial charge in [0.25, 0.3) is 0 Å². The first-order valence-corrected chi connectivity index (χ1v) is 8.22. The number of nitrogens with two attached hydrogens (primary N) is 1. The number of benzene rings is 1. The average Bonchev–Trinajstić information content (AvgIpc) is 2.39. The molecule has 1 saturated heterocycles. The lowest BCUT2D eigenvalue weighted by molar-refractivity contribution is -0.125. The number of nitrogen functional groups attached to an aromatic ring is 1. The summed E-state index contributed by atoms with van der Waals surface area (Å²) in [5.74, 6) is 0. The lowest BCUT2D eigenvalue weighted by atomic mass is 9.75. The summed E-state index contributed by atoms with van der Waals surface area (Å²) in [6.07, 6.45) is 5.30. The first-order valence-electron chi connectivity index (χ1n) is 7.01.